The van der Waals surface area contributed by atoms with Crippen LogP contribution in [0.3, 0.4) is 0 Å². The minimum absolute atomic E-state index is 0.614. The van der Waals surface area contributed by atoms with Gasteiger partial charge in [-0.3, -0.25) is 0 Å². The van der Waals surface area contributed by atoms with Crippen molar-refractivity contribution in [3.8, 4) is 0 Å². The summed E-state index contributed by atoms with van der Waals surface area (Å²) in [7, 11) is 0. The minimum Gasteiger partial charge on any atom is -0.383 e. The summed E-state index contributed by atoms with van der Waals surface area (Å²) in [6.45, 7) is 0. The molecule has 1 heterocycles. The van der Waals surface area contributed by atoms with Gasteiger partial charge in [0.25, 0.3) is 0 Å². The number of benzene rings is 1. The summed E-state index contributed by atoms with van der Waals surface area (Å²) in [5.74, 6) is 0. The van der Waals surface area contributed by atoms with Crippen LogP contribution < -0.4 is 0 Å². The number of rotatable bonds is 2. The SMILES string of the molecule is OC(c1cc(I)ccc1Br)c1sccc1Cl. The van der Waals surface area contributed by atoms with Crippen LogP contribution in [-0.2, 0) is 0 Å². The average molecular weight is 430 g/mol. The topological polar surface area (TPSA) is 20.2 Å². The normalized spacial score (nSPS) is 12.8. The van der Waals surface area contributed by atoms with Gasteiger partial charge in [-0.2, -0.15) is 0 Å². The number of halogens is 3. The fourth-order valence-electron chi connectivity index (χ4n) is 1.37. The van der Waals surface area contributed by atoms with Crippen LogP contribution in [0.15, 0.2) is 34.1 Å². The van der Waals surface area contributed by atoms with Crippen LogP contribution >= 0.6 is 61.5 Å². The molecule has 0 aliphatic rings. The Morgan fingerprint density at radius 1 is 1.38 bits per heavy atom. The first-order valence-electron chi connectivity index (χ1n) is 4.45. The summed E-state index contributed by atoms with van der Waals surface area (Å²) >= 11 is 13.1. The molecule has 0 fully saturated rings. The Hall–Kier alpha value is 0.380. The van der Waals surface area contributed by atoms with Crippen LogP contribution in [-0.4, -0.2) is 5.11 Å². The molecule has 0 bridgehead atoms. The maximum atomic E-state index is 10.3. The molecule has 0 spiro atoms. The van der Waals surface area contributed by atoms with Crippen molar-refractivity contribution in [3.05, 3.63) is 53.2 Å². The molecule has 1 aromatic carbocycles. The number of thiophene rings is 1. The summed E-state index contributed by atoms with van der Waals surface area (Å²) in [6, 6.07) is 7.66. The lowest BCUT2D eigenvalue weighted by molar-refractivity contribution is 0.223. The van der Waals surface area contributed by atoms with E-state index in [9.17, 15) is 5.11 Å². The second-order valence-electron chi connectivity index (χ2n) is 3.20. The Labute approximate surface area is 125 Å². The lowest BCUT2D eigenvalue weighted by Gasteiger charge is -2.12. The van der Waals surface area contributed by atoms with Crippen LogP contribution in [0.2, 0.25) is 5.02 Å². The monoisotopic (exact) mass is 428 g/mol. The van der Waals surface area contributed by atoms with Gasteiger partial charge in [0.2, 0.25) is 0 Å². The first-order valence-corrected chi connectivity index (χ1v) is 7.58. The van der Waals surface area contributed by atoms with E-state index in [1.165, 1.54) is 11.3 Å². The highest BCUT2D eigenvalue weighted by molar-refractivity contribution is 14.1. The van der Waals surface area contributed by atoms with Gasteiger partial charge in [0.15, 0.2) is 0 Å². The average Bonchev–Trinajstić information content (AvgIpc) is 2.67. The summed E-state index contributed by atoms with van der Waals surface area (Å²) < 4.78 is 1.98. The van der Waals surface area contributed by atoms with E-state index in [1.807, 2.05) is 23.6 Å². The molecule has 2 rings (SSSR count). The second-order valence-corrected chi connectivity index (χ2v) is 6.66. The molecule has 16 heavy (non-hydrogen) atoms. The van der Waals surface area contributed by atoms with E-state index in [4.69, 9.17) is 11.6 Å². The zero-order valence-corrected chi connectivity index (χ0v) is 13.3. The molecule has 0 amide bonds. The molecule has 2 aromatic rings. The molecule has 84 valence electrons. The van der Waals surface area contributed by atoms with Crippen LogP contribution in [0.1, 0.15) is 16.5 Å². The Morgan fingerprint density at radius 3 is 2.75 bits per heavy atom. The molecule has 1 N–H and O–H groups in total. The van der Waals surface area contributed by atoms with Gasteiger partial charge in [-0.05, 0) is 52.2 Å². The quantitative estimate of drug-likeness (QED) is 0.677. The summed E-state index contributed by atoms with van der Waals surface area (Å²) in [5, 5.41) is 12.8. The molecule has 1 atom stereocenters. The van der Waals surface area contributed by atoms with Gasteiger partial charge < -0.3 is 5.11 Å². The van der Waals surface area contributed by atoms with Crippen LogP contribution in [0, 0.1) is 3.57 Å². The number of aliphatic hydroxyl groups excluding tert-OH is 1. The first kappa shape index (κ1) is 12.8. The van der Waals surface area contributed by atoms with E-state index in [1.54, 1.807) is 6.07 Å². The highest BCUT2D eigenvalue weighted by Gasteiger charge is 2.18. The van der Waals surface area contributed by atoms with Crippen molar-refractivity contribution < 1.29 is 5.11 Å². The van der Waals surface area contributed by atoms with E-state index < -0.39 is 6.10 Å². The maximum Gasteiger partial charge on any atom is 0.116 e. The molecule has 1 unspecified atom stereocenters. The van der Waals surface area contributed by atoms with Crippen LogP contribution in [0.25, 0.3) is 0 Å². The molecular formula is C11H7BrClIOS. The zero-order valence-electron chi connectivity index (χ0n) is 7.95. The van der Waals surface area contributed by atoms with Crippen molar-refractivity contribution in [1.29, 1.82) is 0 Å². The third-order valence-corrected chi connectivity index (χ3v) is 4.95. The lowest BCUT2D eigenvalue weighted by Crippen LogP contribution is -1.99. The van der Waals surface area contributed by atoms with Gasteiger partial charge in [-0.1, -0.05) is 27.5 Å². The van der Waals surface area contributed by atoms with Crippen molar-refractivity contribution in [1.82, 2.24) is 0 Å². The van der Waals surface area contributed by atoms with Crippen molar-refractivity contribution in [2.24, 2.45) is 0 Å². The van der Waals surface area contributed by atoms with E-state index in [-0.39, 0.29) is 0 Å². The summed E-state index contributed by atoms with van der Waals surface area (Å²) in [6.07, 6.45) is -0.670. The van der Waals surface area contributed by atoms with Crippen molar-refractivity contribution in [2.45, 2.75) is 6.10 Å². The summed E-state index contributed by atoms with van der Waals surface area (Å²) in [4.78, 5) is 0.782. The maximum absolute atomic E-state index is 10.3. The molecule has 1 aromatic heterocycles. The standard InChI is InChI=1S/C11H7BrClIOS/c12-8-2-1-6(14)5-7(8)10(15)11-9(13)3-4-16-11/h1-5,10,15H. The van der Waals surface area contributed by atoms with E-state index in [2.05, 4.69) is 38.5 Å². The zero-order chi connectivity index (χ0) is 11.7. The third kappa shape index (κ3) is 2.61. The van der Waals surface area contributed by atoms with Crippen molar-refractivity contribution in [3.63, 3.8) is 0 Å². The Kier molecular flexibility index (Phi) is 4.29. The van der Waals surface area contributed by atoms with Crippen molar-refractivity contribution in [2.75, 3.05) is 0 Å². The predicted octanol–water partition coefficient (Wildman–Crippen LogP) is 4.85. The highest BCUT2D eigenvalue weighted by Crippen LogP contribution is 2.36. The van der Waals surface area contributed by atoms with E-state index in [0.29, 0.717) is 5.02 Å². The Balaban J connectivity index is 2.45. The van der Waals surface area contributed by atoms with E-state index >= 15 is 0 Å². The number of aliphatic hydroxyl groups is 1. The van der Waals surface area contributed by atoms with Gasteiger partial charge >= 0.3 is 0 Å². The first-order chi connectivity index (χ1) is 7.59. The Morgan fingerprint density at radius 2 is 2.12 bits per heavy atom. The van der Waals surface area contributed by atoms with Crippen LogP contribution in [0.4, 0.5) is 0 Å². The number of hydrogen-bond acceptors (Lipinski definition) is 2. The molecule has 0 saturated heterocycles. The molecule has 0 saturated carbocycles. The van der Waals surface area contributed by atoms with Gasteiger partial charge in [-0.25, -0.2) is 0 Å². The molecule has 0 aliphatic heterocycles. The van der Waals surface area contributed by atoms with Gasteiger partial charge in [0, 0.05) is 13.6 Å². The fraction of sp³-hybridized carbons (Fsp3) is 0.0909. The largest absolute Gasteiger partial charge is 0.383 e. The smallest absolute Gasteiger partial charge is 0.116 e. The van der Waals surface area contributed by atoms with Gasteiger partial charge in [0.1, 0.15) is 6.10 Å². The molecule has 5 heteroatoms. The minimum atomic E-state index is -0.670. The van der Waals surface area contributed by atoms with Crippen molar-refractivity contribution >= 4 is 61.5 Å². The van der Waals surface area contributed by atoms with Gasteiger partial charge in [0.05, 0.1) is 9.90 Å². The highest BCUT2D eigenvalue weighted by atomic mass is 127. The Bertz CT molecular complexity index is 514. The summed E-state index contributed by atoms with van der Waals surface area (Å²) in [5.41, 5.74) is 0.844. The fourth-order valence-corrected chi connectivity index (χ4v) is 3.51. The molecule has 0 aliphatic carbocycles. The molecular weight excluding hydrogens is 422 g/mol. The van der Waals surface area contributed by atoms with Crippen LogP contribution in [0.5, 0.6) is 0 Å². The molecule has 0 radical (unpaired) electrons. The lowest BCUT2D eigenvalue weighted by atomic mass is 10.1. The third-order valence-electron chi connectivity index (χ3n) is 2.15. The number of hydrogen-bond donors (Lipinski definition) is 1. The molecule has 1 nitrogen and oxygen atoms in total. The predicted molar refractivity (Wildman–Crippen MR) is 80.2 cm³/mol. The second kappa shape index (κ2) is 5.35. The van der Waals surface area contributed by atoms with E-state index in [0.717, 1.165) is 18.5 Å². The van der Waals surface area contributed by atoms with Gasteiger partial charge in [-0.15, -0.1) is 11.3 Å².